The van der Waals surface area contributed by atoms with Crippen LogP contribution in [0, 0.1) is 0 Å². The molecule has 1 aromatic carbocycles. The topological polar surface area (TPSA) is 62.4 Å². The van der Waals surface area contributed by atoms with Crippen molar-refractivity contribution in [3.63, 3.8) is 0 Å². The fourth-order valence-electron chi connectivity index (χ4n) is 1.37. The zero-order valence-electron chi connectivity index (χ0n) is 10.6. The Balaban J connectivity index is 2.64. The van der Waals surface area contributed by atoms with Crippen LogP contribution in [0.5, 0.6) is 0 Å². The molecule has 0 fully saturated rings. The van der Waals surface area contributed by atoms with Crippen molar-refractivity contribution in [1.82, 2.24) is 10.7 Å². The Morgan fingerprint density at radius 2 is 1.89 bits per heavy atom. The Bertz CT molecular complexity index is 412. The molecular formula is C12H17F3N4. The molecule has 106 valence electrons. The fraction of sp³-hybridized carbons (Fsp3) is 0.417. The lowest BCUT2D eigenvalue weighted by atomic mass is 10.1. The minimum Gasteiger partial charge on any atom is -0.355 e. The highest BCUT2D eigenvalue weighted by molar-refractivity contribution is 5.79. The standard InChI is InChI=1S/C12H17F3N4/c1-2-7-17-11(19-16)18-8-9-3-5-10(6-4-9)12(13,14)15/h3-6H,2,7-8,16H2,1H3,(H2,17,18,19). The van der Waals surface area contributed by atoms with E-state index in [1.807, 2.05) is 6.92 Å². The van der Waals surface area contributed by atoms with Gasteiger partial charge in [0.2, 0.25) is 5.96 Å². The minimum absolute atomic E-state index is 0.258. The number of alkyl halides is 3. The summed E-state index contributed by atoms with van der Waals surface area (Å²) in [6, 6.07) is 4.89. The van der Waals surface area contributed by atoms with Crippen molar-refractivity contribution in [1.29, 1.82) is 0 Å². The summed E-state index contributed by atoms with van der Waals surface area (Å²) in [5.41, 5.74) is 2.42. The first kappa shape index (κ1) is 15.3. The summed E-state index contributed by atoms with van der Waals surface area (Å²) in [4.78, 5) is 4.13. The molecule has 0 aliphatic carbocycles. The van der Waals surface area contributed by atoms with Crippen molar-refractivity contribution in [3.8, 4) is 0 Å². The van der Waals surface area contributed by atoms with E-state index < -0.39 is 11.7 Å². The van der Waals surface area contributed by atoms with Crippen molar-refractivity contribution in [2.24, 2.45) is 10.8 Å². The number of benzene rings is 1. The molecule has 1 aromatic rings. The van der Waals surface area contributed by atoms with E-state index in [1.165, 1.54) is 12.1 Å². The van der Waals surface area contributed by atoms with Crippen LogP contribution in [0.15, 0.2) is 29.3 Å². The number of guanidine groups is 1. The SMILES string of the molecule is CCCNC(=NCc1ccc(C(F)(F)F)cc1)NN. The number of halogens is 3. The van der Waals surface area contributed by atoms with Crippen molar-refractivity contribution in [3.05, 3.63) is 35.4 Å². The Labute approximate surface area is 109 Å². The maximum absolute atomic E-state index is 12.4. The van der Waals surface area contributed by atoms with E-state index in [9.17, 15) is 13.2 Å². The third kappa shape index (κ3) is 5.17. The normalized spacial score (nSPS) is 12.4. The molecule has 0 bridgehead atoms. The van der Waals surface area contributed by atoms with Crippen molar-refractivity contribution in [2.45, 2.75) is 26.1 Å². The summed E-state index contributed by atoms with van der Waals surface area (Å²) in [5.74, 6) is 5.69. The third-order valence-electron chi connectivity index (χ3n) is 2.38. The van der Waals surface area contributed by atoms with E-state index in [0.29, 0.717) is 11.5 Å². The van der Waals surface area contributed by atoms with Crippen LogP contribution < -0.4 is 16.6 Å². The van der Waals surface area contributed by atoms with Gasteiger partial charge in [-0.25, -0.2) is 10.8 Å². The minimum atomic E-state index is -4.31. The largest absolute Gasteiger partial charge is 0.416 e. The van der Waals surface area contributed by atoms with Gasteiger partial charge in [0.15, 0.2) is 0 Å². The van der Waals surface area contributed by atoms with Gasteiger partial charge >= 0.3 is 6.18 Å². The lowest BCUT2D eigenvalue weighted by Gasteiger charge is -2.09. The van der Waals surface area contributed by atoms with Crippen LogP contribution in [-0.4, -0.2) is 12.5 Å². The number of rotatable bonds is 4. The summed E-state index contributed by atoms with van der Waals surface area (Å²) < 4.78 is 37.1. The molecule has 0 saturated carbocycles. The molecule has 4 nitrogen and oxygen atoms in total. The smallest absolute Gasteiger partial charge is 0.355 e. The molecule has 19 heavy (non-hydrogen) atoms. The predicted octanol–water partition coefficient (Wildman–Crippen LogP) is 2.02. The lowest BCUT2D eigenvalue weighted by Crippen LogP contribution is -2.41. The van der Waals surface area contributed by atoms with Crippen LogP contribution in [0.25, 0.3) is 0 Å². The van der Waals surface area contributed by atoms with E-state index in [-0.39, 0.29) is 6.54 Å². The average molecular weight is 274 g/mol. The van der Waals surface area contributed by atoms with Crippen LogP contribution in [0.3, 0.4) is 0 Å². The Morgan fingerprint density at radius 1 is 1.26 bits per heavy atom. The van der Waals surface area contributed by atoms with Gasteiger partial charge < -0.3 is 5.32 Å². The molecule has 0 aliphatic heterocycles. The molecule has 4 N–H and O–H groups in total. The average Bonchev–Trinajstić information content (AvgIpc) is 2.38. The van der Waals surface area contributed by atoms with Gasteiger partial charge in [-0.2, -0.15) is 13.2 Å². The number of nitrogens with zero attached hydrogens (tertiary/aromatic N) is 1. The molecule has 0 saturated heterocycles. The molecule has 1 rings (SSSR count). The summed E-state index contributed by atoms with van der Waals surface area (Å²) in [6.07, 6.45) is -3.39. The Kier molecular flexibility index (Phi) is 5.62. The molecule has 0 aromatic heterocycles. The lowest BCUT2D eigenvalue weighted by molar-refractivity contribution is -0.137. The van der Waals surface area contributed by atoms with E-state index in [2.05, 4.69) is 15.7 Å². The van der Waals surface area contributed by atoms with Crippen LogP contribution in [0.2, 0.25) is 0 Å². The zero-order chi connectivity index (χ0) is 14.3. The number of nitrogens with two attached hydrogens (primary N) is 1. The molecule has 7 heteroatoms. The predicted molar refractivity (Wildman–Crippen MR) is 68.2 cm³/mol. The Morgan fingerprint density at radius 3 is 2.37 bits per heavy atom. The highest BCUT2D eigenvalue weighted by atomic mass is 19.4. The molecule has 0 unspecified atom stereocenters. The second kappa shape index (κ2) is 6.98. The fourth-order valence-corrected chi connectivity index (χ4v) is 1.37. The maximum Gasteiger partial charge on any atom is 0.416 e. The van der Waals surface area contributed by atoms with Gasteiger partial charge in [-0.05, 0) is 24.1 Å². The van der Waals surface area contributed by atoms with Crippen molar-refractivity contribution in [2.75, 3.05) is 6.54 Å². The highest BCUT2D eigenvalue weighted by Crippen LogP contribution is 2.29. The van der Waals surface area contributed by atoms with Gasteiger partial charge in [0.25, 0.3) is 0 Å². The molecule has 0 atom stereocenters. The molecule has 0 radical (unpaired) electrons. The quantitative estimate of drug-likeness (QED) is 0.341. The van der Waals surface area contributed by atoms with E-state index in [0.717, 1.165) is 25.1 Å². The maximum atomic E-state index is 12.4. The van der Waals surface area contributed by atoms with Gasteiger partial charge in [0.05, 0.1) is 12.1 Å². The van der Waals surface area contributed by atoms with Gasteiger partial charge in [-0.3, -0.25) is 5.43 Å². The second-order valence-corrected chi connectivity index (χ2v) is 3.93. The van der Waals surface area contributed by atoms with E-state index >= 15 is 0 Å². The molecular weight excluding hydrogens is 257 g/mol. The monoisotopic (exact) mass is 274 g/mol. The van der Waals surface area contributed by atoms with E-state index in [1.54, 1.807) is 0 Å². The second-order valence-electron chi connectivity index (χ2n) is 3.93. The number of hydrogen-bond donors (Lipinski definition) is 3. The first-order valence-corrected chi connectivity index (χ1v) is 5.88. The molecule has 0 amide bonds. The van der Waals surface area contributed by atoms with Gasteiger partial charge in [-0.15, -0.1) is 0 Å². The van der Waals surface area contributed by atoms with Gasteiger partial charge in [-0.1, -0.05) is 19.1 Å². The number of nitrogens with one attached hydrogen (secondary N) is 2. The van der Waals surface area contributed by atoms with Crippen LogP contribution in [-0.2, 0) is 12.7 Å². The number of hydrazine groups is 1. The zero-order valence-corrected chi connectivity index (χ0v) is 10.6. The number of hydrogen-bond acceptors (Lipinski definition) is 2. The number of aliphatic imine (C=N–C) groups is 1. The van der Waals surface area contributed by atoms with Crippen LogP contribution in [0.4, 0.5) is 13.2 Å². The molecule has 0 aliphatic rings. The summed E-state index contributed by atoms with van der Waals surface area (Å²) >= 11 is 0. The first-order valence-electron chi connectivity index (χ1n) is 5.88. The van der Waals surface area contributed by atoms with Gasteiger partial charge in [0, 0.05) is 6.54 Å². The van der Waals surface area contributed by atoms with Crippen LogP contribution >= 0.6 is 0 Å². The molecule has 0 spiro atoms. The summed E-state index contributed by atoms with van der Waals surface area (Å²) in [7, 11) is 0. The first-order chi connectivity index (χ1) is 8.97. The highest BCUT2D eigenvalue weighted by Gasteiger charge is 2.29. The molecule has 0 heterocycles. The van der Waals surface area contributed by atoms with E-state index in [4.69, 9.17) is 5.84 Å². The summed E-state index contributed by atoms with van der Waals surface area (Å²) in [5, 5.41) is 2.96. The van der Waals surface area contributed by atoms with Crippen molar-refractivity contribution >= 4 is 5.96 Å². The third-order valence-corrected chi connectivity index (χ3v) is 2.38. The van der Waals surface area contributed by atoms with Gasteiger partial charge in [0.1, 0.15) is 0 Å². The summed E-state index contributed by atoms with van der Waals surface area (Å²) in [6.45, 7) is 2.97. The van der Waals surface area contributed by atoms with Crippen LogP contribution in [0.1, 0.15) is 24.5 Å². The van der Waals surface area contributed by atoms with Crippen molar-refractivity contribution < 1.29 is 13.2 Å². The Hall–Kier alpha value is -1.76.